The molecule has 0 radical (unpaired) electrons. The summed E-state index contributed by atoms with van der Waals surface area (Å²) in [7, 11) is 0. The van der Waals surface area contributed by atoms with E-state index in [2.05, 4.69) is 0 Å². The number of benzene rings is 2. The van der Waals surface area contributed by atoms with Crippen LogP contribution in [0.1, 0.15) is 11.1 Å². The predicted octanol–water partition coefficient (Wildman–Crippen LogP) is 3.80. The maximum absolute atomic E-state index is 13.1. The van der Waals surface area contributed by atoms with Crippen LogP contribution in [-0.2, 0) is 0 Å². The quantitative estimate of drug-likeness (QED) is 0.368. The Kier molecular flexibility index (Phi) is 3.87. The van der Waals surface area contributed by atoms with Crippen LogP contribution >= 0.6 is 0 Å². The van der Waals surface area contributed by atoms with E-state index in [0.29, 0.717) is 16.7 Å². The summed E-state index contributed by atoms with van der Waals surface area (Å²) in [6.07, 6.45) is 1.55. The van der Waals surface area contributed by atoms with E-state index in [1.54, 1.807) is 12.1 Å². The third kappa shape index (κ3) is 3.06. The number of nitriles is 1. The number of allylic oxidation sites excluding steroid dienone is 1. The largest absolute Gasteiger partial charge is 0.269 e. The van der Waals surface area contributed by atoms with Crippen LogP contribution in [-0.4, -0.2) is 4.92 Å². The lowest BCUT2D eigenvalue weighted by atomic mass is 10.0. The molecule has 4 nitrogen and oxygen atoms in total. The van der Waals surface area contributed by atoms with Crippen molar-refractivity contribution >= 4 is 17.3 Å². The second-order valence-corrected chi connectivity index (χ2v) is 4.03. The maximum Gasteiger partial charge on any atom is 0.269 e. The van der Waals surface area contributed by atoms with Crippen molar-refractivity contribution in [2.24, 2.45) is 0 Å². The van der Waals surface area contributed by atoms with Crippen LogP contribution in [0, 0.1) is 27.3 Å². The normalized spacial score (nSPS) is 10.9. The van der Waals surface area contributed by atoms with Crippen molar-refractivity contribution in [3.8, 4) is 6.07 Å². The molecule has 2 aromatic carbocycles. The summed E-state index contributed by atoms with van der Waals surface area (Å²) in [6, 6.07) is 13.5. The number of rotatable bonds is 3. The number of hydrogen-bond donors (Lipinski definition) is 0. The SMILES string of the molecule is N#C/C(=C\c1ccc([N+](=O)[O-])cc1)c1cccc(F)c1. The molecule has 2 aromatic rings. The highest BCUT2D eigenvalue weighted by molar-refractivity contribution is 5.89. The molecule has 0 aliphatic carbocycles. The summed E-state index contributed by atoms with van der Waals surface area (Å²) in [6.45, 7) is 0. The minimum Gasteiger partial charge on any atom is -0.258 e. The van der Waals surface area contributed by atoms with Crippen LogP contribution in [0.25, 0.3) is 11.6 Å². The Hall–Kier alpha value is -3.00. The van der Waals surface area contributed by atoms with Gasteiger partial charge in [0.15, 0.2) is 0 Å². The molecule has 0 aliphatic rings. The molecule has 20 heavy (non-hydrogen) atoms. The van der Waals surface area contributed by atoms with E-state index in [-0.39, 0.29) is 5.69 Å². The summed E-state index contributed by atoms with van der Waals surface area (Å²) in [5.74, 6) is -0.424. The standard InChI is InChI=1S/C15H9FN2O2/c16-14-3-1-2-12(9-14)13(10-17)8-11-4-6-15(7-5-11)18(19)20/h1-9H/b13-8+. The average molecular weight is 268 g/mol. The molecule has 0 heterocycles. The van der Waals surface area contributed by atoms with Crippen LogP contribution in [0.4, 0.5) is 10.1 Å². The first kappa shape index (κ1) is 13.4. The zero-order valence-electron chi connectivity index (χ0n) is 10.3. The van der Waals surface area contributed by atoms with Gasteiger partial charge in [0.1, 0.15) is 5.82 Å². The number of nitro groups is 1. The number of non-ortho nitro benzene ring substituents is 1. The molecule has 0 aliphatic heterocycles. The minimum absolute atomic E-state index is 0.0218. The molecule has 2 rings (SSSR count). The van der Waals surface area contributed by atoms with Crippen molar-refractivity contribution in [1.29, 1.82) is 5.26 Å². The van der Waals surface area contributed by atoms with E-state index < -0.39 is 10.7 Å². The van der Waals surface area contributed by atoms with E-state index in [1.165, 1.54) is 42.5 Å². The van der Waals surface area contributed by atoms with E-state index in [1.807, 2.05) is 6.07 Å². The predicted molar refractivity (Wildman–Crippen MR) is 73.0 cm³/mol. The van der Waals surface area contributed by atoms with Gasteiger partial charge in [-0.1, -0.05) is 12.1 Å². The number of nitrogens with zero attached hydrogens (tertiary/aromatic N) is 2. The Morgan fingerprint density at radius 2 is 1.95 bits per heavy atom. The molecule has 0 N–H and O–H groups in total. The van der Waals surface area contributed by atoms with Gasteiger partial charge in [0.2, 0.25) is 0 Å². The smallest absolute Gasteiger partial charge is 0.258 e. The lowest BCUT2D eigenvalue weighted by molar-refractivity contribution is -0.384. The van der Waals surface area contributed by atoms with Crippen molar-refractivity contribution in [1.82, 2.24) is 0 Å². The Morgan fingerprint density at radius 1 is 1.25 bits per heavy atom. The molecule has 0 spiro atoms. The molecule has 0 aromatic heterocycles. The lowest BCUT2D eigenvalue weighted by Gasteiger charge is -2.00. The Morgan fingerprint density at radius 3 is 2.50 bits per heavy atom. The van der Waals surface area contributed by atoms with E-state index >= 15 is 0 Å². The summed E-state index contributed by atoms with van der Waals surface area (Å²) >= 11 is 0. The molecule has 0 bridgehead atoms. The highest BCUT2D eigenvalue weighted by Gasteiger charge is 2.05. The van der Waals surface area contributed by atoms with Gasteiger partial charge in [-0.3, -0.25) is 10.1 Å². The van der Waals surface area contributed by atoms with E-state index in [0.717, 1.165) is 0 Å². The summed E-state index contributed by atoms with van der Waals surface area (Å²) < 4.78 is 13.1. The molecule has 0 atom stereocenters. The van der Waals surface area contributed by atoms with Gasteiger partial charge >= 0.3 is 0 Å². The fourth-order valence-corrected chi connectivity index (χ4v) is 1.70. The van der Waals surface area contributed by atoms with Crippen molar-refractivity contribution in [3.05, 3.63) is 75.6 Å². The fourth-order valence-electron chi connectivity index (χ4n) is 1.70. The Bertz CT molecular complexity index is 715. The van der Waals surface area contributed by atoms with Gasteiger partial charge in [0, 0.05) is 12.1 Å². The highest BCUT2D eigenvalue weighted by Crippen LogP contribution is 2.20. The molecule has 0 unspecified atom stereocenters. The van der Waals surface area contributed by atoms with Crippen molar-refractivity contribution < 1.29 is 9.31 Å². The van der Waals surface area contributed by atoms with Crippen LogP contribution in [0.5, 0.6) is 0 Å². The van der Waals surface area contributed by atoms with Crippen molar-refractivity contribution in [3.63, 3.8) is 0 Å². The monoisotopic (exact) mass is 268 g/mol. The Balaban J connectivity index is 2.37. The first-order valence-electron chi connectivity index (χ1n) is 5.72. The molecule has 5 heteroatoms. The zero-order valence-corrected chi connectivity index (χ0v) is 10.3. The first-order valence-corrected chi connectivity index (χ1v) is 5.72. The topological polar surface area (TPSA) is 66.9 Å². The van der Waals surface area contributed by atoms with Crippen molar-refractivity contribution in [2.45, 2.75) is 0 Å². The second-order valence-electron chi connectivity index (χ2n) is 4.03. The Labute approximate surface area is 114 Å². The molecule has 0 saturated carbocycles. The van der Waals surface area contributed by atoms with Crippen molar-refractivity contribution in [2.75, 3.05) is 0 Å². The van der Waals surface area contributed by atoms with Crippen LogP contribution in [0.3, 0.4) is 0 Å². The third-order valence-corrected chi connectivity index (χ3v) is 2.67. The van der Waals surface area contributed by atoms with Gasteiger partial charge in [-0.25, -0.2) is 4.39 Å². The molecular weight excluding hydrogens is 259 g/mol. The molecule has 0 amide bonds. The summed E-state index contributed by atoms with van der Waals surface area (Å²) in [5, 5.41) is 19.7. The summed E-state index contributed by atoms with van der Waals surface area (Å²) in [4.78, 5) is 10.1. The van der Waals surface area contributed by atoms with Gasteiger partial charge in [-0.2, -0.15) is 5.26 Å². The summed E-state index contributed by atoms with van der Waals surface area (Å²) in [5.41, 5.74) is 1.37. The van der Waals surface area contributed by atoms with Crippen LogP contribution in [0.15, 0.2) is 48.5 Å². The molecular formula is C15H9FN2O2. The van der Waals surface area contributed by atoms with Crippen LogP contribution in [0.2, 0.25) is 0 Å². The zero-order chi connectivity index (χ0) is 14.5. The second kappa shape index (κ2) is 5.76. The van der Waals surface area contributed by atoms with Gasteiger partial charge < -0.3 is 0 Å². The maximum atomic E-state index is 13.1. The van der Waals surface area contributed by atoms with Gasteiger partial charge in [-0.15, -0.1) is 0 Å². The van der Waals surface area contributed by atoms with Gasteiger partial charge in [0.05, 0.1) is 16.6 Å². The minimum atomic E-state index is -0.495. The number of nitro benzene ring substituents is 1. The number of halogens is 1. The average Bonchev–Trinajstić information content (AvgIpc) is 2.45. The third-order valence-electron chi connectivity index (χ3n) is 2.67. The molecule has 0 saturated heterocycles. The van der Waals surface area contributed by atoms with E-state index in [4.69, 9.17) is 5.26 Å². The molecule has 0 fully saturated rings. The lowest BCUT2D eigenvalue weighted by Crippen LogP contribution is -1.87. The first-order chi connectivity index (χ1) is 9.60. The van der Waals surface area contributed by atoms with Crippen LogP contribution < -0.4 is 0 Å². The van der Waals surface area contributed by atoms with E-state index in [9.17, 15) is 14.5 Å². The molecule has 98 valence electrons. The fraction of sp³-hybridized carbons (Fsp3) is 0. The number of hydrogen-bond acceptors (Lipinski definition) is 3. The van der Waals surface area contributed by atoms with Gasteiger partial charge in [-0.05, 0) is 41.5 Å². The van der Waals surface area contributed by atoms with Gasteiger partial charge in [0.25, 0.3) is 5.69 Å². The highest BCUT2D eigenvalue weighted by atomic mass is 19.1.